The number of carbonyl (C=O) groups is 1. The first kappa shape index (κ1) is 14.3. The zero-order chi connectivity index (χ0) is 14.7. The molecule has 1 aliphatic rings. The monoisotopic (exact) mass is 286 g/mol. The van der Waals surface area contributed by atoms with Gasteiger partial charge in [-0.05, 0) is 31.2 Å². The van der Waals surface area contributed by atoms with Crippen LogP contribution in [0.4, 0.5) is 0 Å². The standard InChI is InChI=1S/C17H22N2O2/c1-2-5-16(20)17-14-6-3-4-7-15(14)19(18-17)12-13-8-10-21-11-9-13/h3-4,6-7,13H,2,5,8-12H2,1H3. The summed E-state index contributed by atoms with van der Waals surface area (Å²) in [6, 6.07) is 8.06. The zero-order valence-corrected chi connectivity index (χ0v) is 12.5. The second-order valence-electron chi connectivity index (χ2n) is 5.78. The zero-order valence-electron chi connectivity index (χ0n) is 12.5. The van der Waals surface area contributed by atoms with Crippen molar-refractivity contribution in [2.45, 2.75) is 39.2 Å². The van der Waals surface area contributed by atoms with Crippen LogP contribution in [-0.4, -0.2) is 28.8 Å². The first-order chi connectivity index (χ1) is 10.3. The highest BCUT2D eigenvalue weighted by molar-refractivity contribution is 6.05. The van der Waals surface area contributed by atoms with E-state index in [1.165, 1.54) is 0 Å². The van der Waals surface area contributed by atoms with Crippen molar-refractivity contribution < 1.29 is 9.53 Å². The lowest BCUT2D eigenvalue weighted by Crippen LogP contribution is -2.21. The van der Waals surface area contributed by atoms with Gasteiger partial charge in [-0.3, -0.25) is 9.48 Å². The molecule has 0 saturated carbocycles. The first-order valence-corrected chi connectivity index (χ1v) is 7.86. The minimum Gasteiger partial charge on any atom is -0.381 e. The molecule has 2 heterocycles. The quantitative estimate of drug-likeness (QED) is 0.791. The van der Waals surface area contributed by atoms with E-state index in [-0.39, 0.29) is 5.78 Å². The van der Waals surface area contributed by atoms with E-state index in [9.17, 15) is 4.79 Å². The van der Waals surface area contributed by atoms with Crippen LogP contribution in [0.2, 0.25) is 0 Å². The van der Waals surface area contributed by atoms with Crippen molar-refractivity contribution in [3.8, 4) is 0 Å². The third kappa shape index (κ3) is 3.00. The van der Waals surface area contributed by atoms with Crippen LogP contribution in [-0.2, 0) is 11.3 Å². The number of hydrogen-bond acceptors (Lipinski definition) is 3. The number of ketones is 1. The summed E-state index contributed by atoms with van der Waals surface area (Å²) >= 11 is 0. The fourth-order valence-electron chi connectivity index (χ4n) is 2.99. The largest absolute Gasteiger partial charge is 0.381 e. The Kier molecular flexibility index (Phi) is 4.34. The van der Waals surface area contributed by atoms with E-state index >= 15 is 0 Å². The highest BCUT2D eigenvalue weighted by Crippen LogP contribution is 2.23. The summed E-state index contributed by atoms with van der Waals surface area (Å²) in [5.74, 6) is 0.746. The van der Waals surface area contributed by atoms with Gasteiger partial charge >= 0.3 is 0 Å². The SMILES string of the molecule is CCCC(=O)c1nn(CC2CCOCC2)c2ccccc12. The Hall–Kier alpha value is -1.68. The van der Waals surface area contributed by atoms with Gasteiger partial charge in [-0.15, -0.1) is 0 Å². The van der Waals surface area contributed by atoms with E-state index in [2.05, 4.69) is 11.2 Å². The van der Waals surface area contributed by atoms with Crippen molar-refractivity contribution in [3.05, 3.63) is 30.0 Å². The highest BCUT2D eigenvalue weighted by Gasteiger charge is 2.20. The van der Waals surface area contributed by atoms with Crippen LogP contribution >= 0.6 is 0 Å². The number of nitrogens with zero attached hydrogens (tertiary/aromatic N) is 2. The summed E-state index contributed by atoms with van der Waals surface area (Å²) in [4.78, 5) is 12.3. The van der Waals surface area contributed by atoms with Crippen molar-refractivity contribution in [2.75, 3.05) is 13.2 Å². The molecule has 21 heavy (non-hydrogen) atoms. The number of Topliss-reactive ketones (excluding diaryl/α,β-unsaturated/α-hetero) is 1. The lowest BCUT2D eigenvalue weighted by molar-refractivity contribution is 0.0605. The van der Waals surface area contributed by atoms with E-state index in [0.717, 1.165) is 49.9 Å². The van der Waals surface area contributed by atoms with Crippen LogP contribution in [0.25, 0.3) is 10.9 Å². The lowest BCUT2D eigenvalue weighted by atomic mass is 10.0. The molecule has 1 aromatic carbocycles. The first-order valence-electron chi connectivity index (χ1n) is 7.86. The molecule has 1 fully saturated rings. The molecule has 0 unspecified atom stereocenters. The molecule has 1 saturated heterocycles. The summed E-state index contributed by atoms with van der Waals surface area (Å²) in [5.41, 5.74) is 1.71. The Morgan fingerprint density at radius 1 is 1.33 bits per heavy atom. The van der Waals surface area contributed by atoms with E-state index in [1.54, 1.807) is 0 Å². The third-order valence-corrected chi connectivity index (χ3v) is 4.17. The number of aromatic nitrogens is 2. The van der Waals surface area contributed by atoms with Gasteiger partial charge < -0.3 is 4.74 Å². The number of para-hydroxylation sites is 1. The van der Waals surface area contributed by atoms with Gasteiger partial charge in [-0.2, -0.15) is 5.10 Å². The molecule has 3 rings (SSSR count). The Morgan fingerprint density at radius 2 is 2.10 bits per heavy atom. The molecule has 0 aliphatic carbocycles. The van der Waals surface area contributed by atoms with E-state index in [0.29, 0.717) is 18.0 Å². The van der Waals surface area contributed by atoms with Crippen LogP contribution in [0.3, 0.4) is 0 Å². The smallest absolute Gasteiger partial charge is 0.183 e. The van der Waals surface area contributed by atoms with Crippen molar-refractivity contribution in [1.82, 2.24) is 9.78 Å². The van der Waals surface area contributed by atoms with Crippen LogP contribution in [0.15, 0.2) is 24.3 Å². The lowest BCUT2D eigenvalue weighted by Gasteiger charge is -2.22. The molecule has 1 aliphatic heterocycles. The second kappa shape index (κ2) is 6.39. The minimum absolute atomic E-state index is 0.152. The number of carbonyl (C=O) groups excluding carboxylic acids is 1. The Balaban J connectivity index is 1.92. The molecule has 1 aromatic heterocycles. The molecule has 0 amide bonds. The normalized spacial score (nSPS) is 16.4. The summed E-state index contributed by atoms with van der Waals surface area (Å²) in [6.45, 7) is 4.58. The molecule has 0 atom stereocenters. The van der Waals surface area contributed by atoms with Crippen LogP contribution in [0, 0.1) is 5.92 Å². The van der Waals surface area contributed by atoms with Gasteiger partial charge in [-0.1, -0.05) is 25.1 Å². The Bertz CT molecular complexity index is 627. The maximum atomic E-state index is 12.3. The van der Waals surface area contributed by atoms with Gasteiger partial charge in [-0.25, -0.2) is 0 Å². The minimum atomic E-state index is 0.152. The van der Waals surface area contributed by atoms with Crippen molar-refractivity contribution in [3.63, 3.8) is 0 Å². The predicted molar refractivity (Wildman–Crippen MR) is 82.5 cm³/mol. The Morgan fingerprint density at radius 3 is 2.86 bits per heavy atom. The average molecular weight is 286 g/mol. The summed E-state index contributed by atoms with van der Waals surface area (Å²) in [7, 11) is 0. The molecule has 0 N–H and O–H groups in total. The molecular formula is C17H22N2O2. The molecule has 0 bridgehead atoms. The van der Waals surface area contributed by atoms with Crippen LogP contribution in [0.5, 0.6) is 0 Å². The molecule has 0 radical (unpaired) electrons. The second-order valence-corrected chi connectivity index (χ2v) is 5.78. The maximum absolute atomic E-state index is 12.3. The van der Waals surface area contributed by atoms with E-state index in [4.69, 9.17) is 4.74 Å². The van der Waals surface area contributed by atoms with Gasteiger partial charge in [0.15, 0.2) is 5.78 Å². The van der Waals surface area contributed by atoms with Gasteiger partial charge in [0, 0.05) is 31.6 Å². The number of benzene rings is 1. The summed E-state index contributed by atoms with van der Waals surface area (Å²) < 4.78 is 7.44. The van der Waals surface area contributed by atoms with Gasteiger partial charge in [0.2, 0.25) is 0 Å². The molecule has 4 heteroatoms. The van der Waals surface area contributed by atoms with Crippen molar-refractivity contribution in [1.29, 1.82) is 0 Å². The molecular weight excluding hydrogens is 264 g/mol. The fraction of sp³-hybridized carbons (Fsp3) is 0.529. The summed E-state index contributed by atoms with van der Waals surface area (Å²) in [5, 5.41) is 5.62. The van der Waals surface area contributed by atoms with Gasteiger partial charge in [0.25, 0.3) is 0 Å². The van der Waals surface area contributed by atoms with Crippen molar-refractivity contribution in [2.24, 2.45) is 5.92 Å². The fourth-order valence-corrected chi connectivity index (χ4v) is 2.99. The van der Waals surface area contributed by atoms with E-state index < -0.39 is 0 Å². The topological polar surface area (TPSA) is 44.1 Å². The average Bonchev–Trinajstić information content (AvgIpc) is 2.88. The molecule has 112 valence electrons. The predicted octanol–water partition coefficient (Wildman–Crippen LogP) is 3.45. The maximum Gasteiger partial charge on any atom is 0.183 e. The summed E-state index contributed by atoms with van der Waals surface area (Å²) in [6.07, 6.45) is 3.58. The molecule has 0 spiro atoms. The number of hydrogen-bond donors (Lipinski definition) is 0. The number of rotatable bonds is 5. The van der Waals surface area contributed by atoms with E-state index in [1.807, 2.05) is 29.8 Å². The van der Waals surface area contributed by atoms with Gasteiger partial charge in [0.05, 0.1) is 5.52 Å². The van der Waals surface area contributed by atoms with Gasteiger partial charge in [0.1, 0.15) is 5.69 Å². The molecule has 2 aromatic rings. The molecule has 4 nitrogen and oxygen atoms in total. The number of fused-ring (bicyclic) bond motifs is 1. The number of ether oxygens (including phenoxy) is 1. The van der Waals surface area contributed by atoms with Crippen molar-refractivity contribution >= 4 is 16.7 Å². The van der Waals surface area contributed by atoms with Crippen LogP contribution < -0.4 is 0 Å². The Labute approximate surface area is 125 Å². The van der Waals surface area contributed by atoms with Crippen LogP contribution in [0.1, 0.15) is 43.1 Å². The third-order valence-electron chi connectivity index (χ3n) is 4.17. The highest BCUT2D eigenvalue weighted by atomic mass is 16.5.